The Balaban J connectivity index is 1.89. The number of nitrogens with one attached hydrogen (secondary N) is 2. The minimum Gasteiger partial charge on any atom is -0.497 e. The van der Waals surface area contributed by atoms with E-state index < -0.39 is 4.92 Å². The zero-order valence-corrected chi connectivity index (χ0v) is 15.9. The van der Waals surface area contributed by atoms with Gasteiger partial charge in [0.15, 0.2) is 0 Å². The molecule has 0 fully saturated rings. The van der Waals surface area contributed by atoms with Gasteiger partial charge in [0.05, 0.1) is 36.4 Å². The lowest BCUT2D eigenvalue weighted by Gasteiger charge is -2.16. The second kappa shape index (κ2) is 9.47. The highest BCUT2D eigenvalue weighted by molar-refractivity contribution is 5.95. The van der Waals surface area contributed by atoms with E-state index in [2.05, 4.69) is 10.6 Å². The van der Waals surface area contributed by atoms with Crippen molar-refractivity contribution in [2.75, 3.05) is 37.9 Å². The van der Waals surface area contributed by atoms with Crippen LogP contribution in [0.5, 0.6) is 5.75 Å². The summed E-state index contributed by atoms with van der Waals surface area (Å²) >= 11 is 0. The van der Waals surface area contributed by atoms with Crippen LogP contribution in [0.4, 0.5) is 17.1 Å². The van der Waals surface area contributed by atoms with Crippen molar-refractivity contribution in [3.8, 4) is 5.75 Å². The van der Waals surface area contributed by atoms with Crippen LogP contribution in [0.15, 0.2) is 42.5 Å². The fourth-order valence-corrected chi connectivity index (χ4v) is 2.59. The van der Waals surface area contributed by atoms with Crippen molar-refractivity contribution in [2.24, 2.45) is 0 Å². The van der Waals surface area contributed by atoms with Crippen LogP contribution >= 0.6 is 0 Å². The molecular weight excluding hydrogens is 364 g/mol. The summed E-state index contributed by atoms with van der Waals surface area (Å²) in [5.74, 6) is -0.0341. The van der Waals surface area contributed by atoms with E-state index in [0.717, 1.165) is 0 Å². The molecule has 0 spiro atoms. The molecule has 2 amide bonds. The predicted octanol–water partition coefficient (Wildman–Crippen LogP) is 2.42. The van der Waals surface area contributed by atoms with Gasteiger partial charge in [-0.05, 0) is 32.2 Å². The van der Waals surface area contributed by atoms with Crippen molar-refractivity contribution in [3.63, 3.8) is 0 Å². The molecule has 0 bridgehead atoms. The van der Waals surface area contributed by atoms with Gasteiger partial charge in [-0.1, -0.05) is 12.1 Å². The van der Waals surface area contributed by atoms with Crippen LogP contribution in [0.2, 0.25) is 0 Å². The van der Waals surface area contributed by atoms with E-state index in [1.54, 1.807) is 44.3 Å². The third-order valence-corrected chi connectivity index (χ3v) is 3.96. The lowest BCUT2D eigenvalue weighted by atomic mass is 10.1. The summed E-state index contributed by atoms with van der Waals surface area (Å²) in [4.78, 5) is 36.4. The highest BCUT2D eigenvalue weighted by Crippen LogP contribution is 2.24. The van der Waals surface area contributed by atoms with E-state index in [1.165, 1.54) is 24.1 Å². The van der Waals surface area contributed by atoms with E-state index in [-0.39, 0.29) is 30.6 Å². The number of ether oxygens (including phenoxy) is 1. The summed E-state index contributed by atoms with van der Waals surface area (Å²) in [6, 6.07) is 11.4. The van der Waals surface area contributed by atoms with Crippen LogP contribution in [0.1, 0.15) is 5.56 Å². The maximum absolute atomic E-state index is 12.2. The first-order valence-corrected chi connectivity index (χ1v) is 8.46. The number of carbonyl (C=O) groups excluding carboxylic acids is 2. The van der Waals surface area contributed by atoms with Crippen molar-refractivity contribution in [1.82, 2.24) is 4.90 Å². The highest BCUT2D eigenvalue weighted by Gasteiger charge is 2.16. The van der Waals surface area contributed by atoms with Gasteiger partial charge in [-0.15, -0.1) is 0 Å². The Morgan fingerprint density at radius 3 is 2.39 bits per heavy atom. The molecule has 9 heteroatoms. The third-order valence-electron chi connectivity index (χ3n) is 3.96. The van der Waals surface area contributed by atoms with Gasteiger partial charge in [0.25, 0.3) is 5.69 Å². The maximum atomic E-state index is 12.2. The summed E-state index contributed by atoms with van der Waals surface area (Å²) < 4.78 is 5.10. The van der Waals surface area contributed by atoms with Gasteiger partial charge in [-0.3, -0.25) is 24.6 Å². The van der Waals surface area contributed by atoms with Crippen molar-refractivity contribution in [3.05, 3.63) is 58.1 Å². The molecule has 2 aromatic rings. The van der Waals surface area contributed by atoms with Crippen LogP contribution in [0, 0.1) is 17.0 Å². The Morgan fingerprint density at radius 1 is 1.11 bits per heavy atom. The molecule has 0 unspecified atom stereocenters. The van der Waals surface area contributed by atoms with Crippen molar-refractivity contribution in [2.45, 2.75) is 6.92 Å². The smallest absolute Gasteiger partial charge is 0.274 e. The molecule has 0 radical (unpaired) electrons. The van der Waals surface area contributed by atoms with Gasteiger partial charge in [-0.2, -0.15) is 0 Å². The summed E-state index contributed by atoms with van der Waals surface area (Å²) in [5.41, 5.74) is 1.27. The summed E-state index contributed by atoms with van der Waals surface area (Å²) in [6.45, 7) is 1.52. The first-order valence-electron chi connectivity index (χ1n) is 8.46. The number of methoxy groups -OCH3 is 1. The second-order valence-electron chi connectivity index (χ2n) is 6.21. The molecule has 2 N–H and O–H groups in total. The number of benzene rings is 2. The van der Waals surface area contributed by atoms with E-state index >= 15 is 0 Å². The number of likely N-dealkylation sites (N-methyl/N-ethyl adjacent to an activating group) is 1. The molecule has 0 atom stereocenters. The van der Waals surface area contributed by atoms with Gasteiger partial charge < -0.3 is 15.4 Å². The number of carbonyl (C=O) groups is 2. The molecule has 148 valence electrons. The fourth-order valence-electron chi connectivity index (χ4n) is 2.59. The quantitative estimate of drug-likeness (QED) is 0.532. The molecule has 0 saturated heterocycles. The lowest BCUT2D eigenvalue weighted by molar-refractivity contribution is -0.385. The number of hydrogen-bond donors (Lipinski definition) is 2. The number of nitro benzene ring substituents is 1. The van der Waals surface area contributed by atoms with Crippen LogP contribution in [-0.4, -0.2) is 48.9 Å². The Hall–Kier alpha value is -3.46. The average Bonchev–Trinajstić information content (AvgIpc) is 2.62. The van der Waals surface area contributed by atoms with Gasteiger partial charge >= 0.3 is 0 Å². The highest BCUT2D eigenvalue weighted by atomic mass is 16.6. The van der Waals surface area contributed by atoms with Gasteiger partial charge in [-0.25, -0.2) is 0 Å². The molecule has 0 saturated carbocycles. The topological polar surface area (TPSA) is 114 Å². The van der Waals surface area contributed by atoms with Crippen molar-refractivity contribution >= 4 is 28.9 Å². The van der Waals surface area contributed by atoms with E-state index in [4.69, 9.17) is 4.74 Å². The first-order chi connectivity index (χ1) is 13.3. The molecule has 0 aliphatic rings. The second-order valence-corrected chi connectivity index (χ2v) is 6.21. The van der Waals surface area contributed by atoms with Crippen LogP contribution in [0.25, 0.3) is 0 Å². The molecule has 2 rings (SSSR count). The fraction of sp³-hybridized carbons (Fsp3) is 0.263. The zero-order valence-electron chi connectivity index (χ0n) is 15.9. The Bertz CT molecular complexity index is 884. The van der Waals surface area contributed by atoms with Gasteiger partial charge in [0, 0.05) is 17.8 Å². The summed E-state index contributed by atoms with van der Waals surface area (Å²) in [5, 5.41) is 16.4. The largest absolute Gasteiger partial charge is 0.497 e. The lowest BCUT2D eigenvalue weighted by Crippen LogP contribution is -2.36. The first kappa shape index (κ1) is 20.8. The molecule has 0 heterocycles. The van der Waals surface area contributed by atoms with E-state index in [1.807, 2.05) is 0 Å². The SMILES string of the molecule is COc1cccc(NC(=O)CN(C)CC(=O)Nc2cccc([N+](=O)[O-])c2C)c1. The predicted molar refractivity (Wildman–Crippen MR) is 106 cm³/mol. The molecule has 0 aliphatic heterocycles. The minimum absolute atomic E-state index is 0.00144. The Kier molecular flexibility index (Phi) is 7.05. The van der Waals surface area contributed by atoms with Crippen molar-refractivity contribution < 1.29 is 19.2 Å². The number of anilines is 2. The summed E-state index contributed by atoms with van der Waals surface area (Å²) in [7, 11) is 3.17. The van der Waals surface area contributed by atoms with Crippen LogP contribution in [-0.2, 0) is 9.59 Å². The molecule has 0 aromatic heterocycles. The van der Waals surface area contributed by atoms with E-state index in [9.17, 15) is 19.7 Å². The van der Waals surface area contributed by atoms with E-state index in [0.29, 0.717) is 22.7 Å². The van der Waals surface area contributed by atoms with Gasteiger partial charge in [0.2, 0.25) is 11.8 Å². The number of hydrogen-bond acceptors (Lipinski definition) is 6. The number of nitro groups is 1. The Morgan fingerprint density at radius 2 is 1.75 bits per heavy atom. The maximum Gasteiger partial charge on any atom is 0.274 e. The van der Waals surface area contributed by atoms with Gasteiger partial charge in [0.1, 0.15) is 5.75 Å². The standard InChI is InChI=1S/C19H22N4O5/c1-13-16(8-5-9-17(13)23(26)27)21-19(25)12-22(2)11-18(24)20-14-6-4-7-15(10-14)28-3/h4-10H,11-12H2,1-3H3,(H,20,24)(H,21,25). The Labute approximate surface area is 162 Å². The zero-order chi connectivity index (χ0) is 20.7. The van der Waals surface area contributed by atoms with Crippen molar-refractivity contribution in [1.29, 1.82) is 0 Å². The molecular formula is C19H22N4O5. The normalized spacial score (nSPS) is 10.4. The monoisotopic (exact) mass is 386 g/mol. The molecule has 2 aromatic carbocycles. The third kappa shape index (κ3) is 5.78. The summed E-state index contributed by atoms with van der Waals surface area (Å²) in [6.07, 6.45) is 0. The minimum atomic E-state index is -0.500. The number of amides is 2. The average molecular weight is 386 g/mol. The molecule has 0 aliphatic carbocycles. The molecule has 28 heavy (non-hydrogen) atoms. The number of nitrogens with zero attached hydrogens (tertiary/aromatic N) is 2. The number of rotatable bonds is 8. The van der Waals surface area contributed by atoms with Crippen LogP contribution < -0.4 is 15.4 Å². The van der Waals surface area contributed by atoms with Crippen LogP contribution in [0.3, 0.4) is 0 Å². The molecule has 9 nitrogen and oxygen atoms in total.